The van der Waals surface area contributed by atoms with Crippen molar-refractivity contribution in [3.8, 4) is 11.1 Å². The van der Waals surface area contributed by atoms with E-state index in [2.05, 4.69) is 46.4 Å². The maximum Gasteiger partial charge on any atom is 0.359 e. The van der Waals surface area contributed by atoms with E-state index in [-0.39, 0.29) is 6.54 Å². The van der Waals surface area contributed by atoms with Crippen LogP contribution in [0.15, 0.2) is 53.6 Å². The van der Waals surface area contributed by atoms with Crippen LogP contribution in [0.3, 0.4) is 0 Å². The zero-order valence-electron chi connectivity index (χ0n) is 15.0. The summed E-state index contributed by atoms with van der Waals surface area (Å²) in [6.07, 6.45) is 1.62. The summed E-state index contributed by atoms with van der Waals surface area (Å²) < 4.78 is 0.600. The van der Waals surface area contributed by atoms with Crippen molar-refractivity contribution in [2.75, 3.05) is 44.7 Å². The number of likely N-dealkylation sites (N-methyl/N-ethyl adjacent to an activating group) is 1. The Bertz CT molecular complexity index is 776. The minimum Gasteiger partial charge on any atom is -0.477 e. The Hall–Kier alpha value is -2.86. The number of carboxylic acids is 1. The fraction of sp³-hybridized carbons (Fsp3) is 0.300. The molecule has 26 heavy (non-hydrogen) atoms. The van der Waals surface area contributed by atoms with E-state index in [1.165, 1.54) is 5.69 Å². The maximum atomic E-state index is 11.0. The summed E-state index contributed by atoms with van der Waals surface area (Å²) in [6.45, 7) is 3.63. The van der Waals surface area contributed by atoms with E-state index in [1.54, 1.807) is 6.21 Å². The van der Waals surface area contributed by atoms with Crippen LogP contribution in [0.5, 0.6) is 0 Å². The van der Waals surface area contributed by atoms with Crippen LogP contribution in [0.4, 0.5) is 5.69 Å². The number of anilines is 1. The van der Waals surface area contributed by atoms with Gasteiger partial charge in [-0.25, -0.2) is 4.79 Å². The van der Waals surface area contributed by atoms with Crippen LogP contribution < -0.4 is 10.7 Å². The lowest BCUT2D eigenvalue weighted by Crippen LogP contribution is -2.59. The van der Waals surface area contributed by atoms with Crippen LogP contribution in [0.25, 0.3) is 11.1 Å². The number of nitrogens with two attached hydrogens (primary N) is 1. The van der Waals surface area contributed by atoms with Crippen LogP contribution >= 0.6 is 0 Å². The second kappa shape index (κ2) is 7.58. The third-order valence-corrected chi connectivity index (χ3v) is 5.04. The van der Waals surface area contributed by atoms with Crippen LogP contribution in [0.1, 0.15) is 5.56 Å². The standard InChI is InChI=1S/C20H24N4O2/c1-24(15-20(25)26)12-10-23(11-13-24)19-8-6-18(7-9-19)17-4-2-16(3-5-17)14-22-21/h2-9,14H,10-13,15,21H2,1H3/p+1. The summed E-state index contributed by atoms with van der Waals surface area (Å²) in [5.41, 5.74) is 4.47. The first-order chi connectivity index (χ1) is 12.5. The van der Waals surface area contributed by atoms with Gasteiger partial charge in [-0.15, -0.1) is 0 Å². The number of carboxylic acid groups (broad SMARTS) is 1. The number of hydrogen-bond acceptors (Lipinski definition) is 4. The van der Waals surface area contributed by atoms with Crippen LogP contribution in [0, 0.1) is 0 Å². The molecule has 1 aliphatic heterocycles. The van der Waals surface area contributed by atoms with Crippen molar-refractivity contribution in [2.24, 2.45) is 10.9 Å². The van der Waals surface area contributed by atoms with Gasteiger partial charge < -0.3 is 20.3 Å². The van der Waals surface area contributed by atoms with Crippen molar-refractivity contribution >= 4 is 17.9 Å². The molecule has 0 aliphatic carbocycles. The highest BCUT2D eigenvalue weighted by Crippen LogP contribution is 2.25. The molecular formula is C20H25N4O2+. The molecule has 2 aromatic rings. The number of piperazine rings is 1. The molecule has 0 aromatic heterocycles. The van der Waals surface area contributed by atoms with E-state index in [0.717, 1.165) is 42.9 Å². The summed E-state index contributed by atoms with van der Waals surface area (Å²) in [5, 5.41) is 12.6. The van der Waals surface area contributed by atoms with Gasteiger partial charge >= 0.3 is 5.97 Å². The number of aliphatic carboxylic acids is 1. The van der Waals surface area contributed by atoms with Crippen molar-refractivity contribution in [1.82, 2.24) is 0 Å². The molecule has 6 nitrogen and oxygen atoms in total. The SMILES string of the molecule is C[N+]1(CC(=O)O)CCN(c2ccc(-c3ccc(C=NN)cc3)cc2)CC1. The smallest absolute Gasteiger partial charge is 0.359 e. The Morgan fingerprint density at radius 2 is 1.65 bits per heavy atom. The second-order valence-electron chi connectivity index (χ2n) is 7.05. The lowest BCUT2D eigenvalue weighted by Gasteiger charge is -2.41. The molecule has 0 radical (unpaired) electrons. The van der Waals surface area contributed by atoms with Gasteiger partial charge in [0.15, 0.2) is 6.54 Å². The molecule has 3 rings (SSSR count). The number of quaternary nitrogens is 1. The van der Waals surface area contributed by atoms with Gasteiger partial charge in [0.25, 0.3) is 0 Å². The normalized spacial score (nSPS) is 16.7. The van der Waals surface area contributed by atoms with E-state index in [1.807, 2.05) is 19.2 Å². The Labute approximate surface area is 153 Å². The number of hydrazone groups is 1. The lowest BCUT2D eigenvalue weighted by molar-refractivity contribution is -0.903. The van der Waals surface area contributed by atoms with E-state index in [4.69, 9.17) is 10.9 Å². The highest BCUT2D eigenvalue weighted by molar-refractivity contribution is 5.80. The molecule has 1 aliphatic rings. The first kappa shape index (κ1) is 17.9. The molecule has 0 bridgehead atoms. The Morgan fingerprint density at radius 3 is 2.15 bits per heavy atom. The van der Waals surface area contributed by atoms with Crippen LogP contribution in [-0.4, -0.2) is 61.5 Å². The minimum absolute atomic E-state index is 0.192. The molecule has 0 atom stereocenters. The molecule has 0 unspecified atom stereocenters. The van der Waals surface area contributed by atoms with E-state index in [9.17, 15) is 4.79 Å². The first-order valence-electron chi connectivity index (χ1n) is 8.73. The number of benzene rings is 2. The topological polar surface area (TPSA) is 78.9 Å². The molecule has 3 N–H and O–H groups in total. The molecule has 6 heteroatoms. The van der Waals surface area contributed by atoms with Crippen LogP contribution in [0.2, 0.25) is 0 Å². The average Bonchev–Trinajstić information content (AvgIpc) is 2.63. The third-order valence-electron chi connectivity index (χ3n) is 5.04. The average molecular weight is 353 g/mol. The van der Waals surface area contributed by atoms with Gasteiger partial charge in [-0.05, 0) is 28.8 Å². The minimum atomic E-state index is -0.728. The maximum absolute atomic E-state index is 11.0. The molecular weight excluding hydrogens is 328 g/mol. The number of hydrogen-bond donors (Lipinski definition) is 2. The Balaban J connectivity index is 1.66. The monoisotopic (exact) mass is 353 g/mol. The number of nitrogens with zero attached hydrogens (tertiary/aromatic N) is 3. The van der Waals surface area contributed by atoms with Gasteiger partial charge in [0.05, 0.1) is 39.4 Å². The highest BCUT2D eigenvalue weighted by Gasteiger charge is 2.30. The van der Waals surface area contributed by atoms with Crippen molar-refractivity contribution in [3.05, 3.63) is 54.1 Å². The van der Waals surface area contributed by atoms with Crippen molar-refractivity contribution in [1.29, 1.82) is 0 Å². The zero-order chi connectivity index (χ0) is 18.6. The molecule has 136 valence electrons. The zero-order valence-corrected chi connectivity index (χ0v) is 15.0. The van der Waals surface area contributed by atoms with E-state index >= 15 is 0 Å². The largest absolute Gasteiger partial charge is 0.477 e. The van der Waals surface area contributed by atoms with Gasteiger partial charge in [-0.2, -0.15) is 5.10 Å². The van der Waals surface area contributed by atoms with Gasteiger partial charge in [-0.3, -0.25) is 0 Å². The van der Waals surface area contributed by atoms with Crippen LogP contribution in [-0.2, 0) is 4.79 Å². The molecule has 2 aromatic carbocycles. The summed E-state index contributed by atoms with van der Waals surface area (Å²) in [7, 11) is 2.02. The van der Waals surface area contributed by atoms with Crippen molar-refractivity contribution < 1.29 is 14.4 Å². The van der Waals surface area contributed by atoms with Gasteiger partial charge in [0.1, 0.15) is 0 Å². The Morgan fingerprint density at radius 1 is 1.12 bits per heavy atom. The summed E-state index contributed by atoms with van der Waals surface area (Å²) in [6, 6.07) is 16.6. The fourth-order valence-corrected chi connectivity index (χ4v) is 3.40. The predicted molar refractivity (Wildman–Crippen MR) is 104 cm³/mol. The first-order valence-corrected chi connectivity index (χ1v) is 8.73. The molecule has 1 saturated heterocycles. The lowest BCUT2D eigenvalue weighted by atomic mass is 10.0. The number of carbonyl (C=O) groups is 1. The molecule has 1 fully saturated rings. The summed E-state index contributed by atoms with van der Waals surface area (Å²) >= 11 is 0. The quantitative estimate of drug-likeness (QED) is 0.373. The van der Waals surface area contributed by atoms with E-state index in [0.29, 0.717) is 4.48 Å². The van der Waals surface area contributed by atoms with Gasteiger partial charge in [0, 0.05) is 5.69 Å². The van der Waals surface area contributed by atoms with Crippen molar-refractivity contribution in [3.63, 3.8) is 0 Å². The molecule has 0 amide bonds. The fourth-order valence-electron chi connectivity index (χ4n) is 3.40. The van der Waals surface area contributed by atoms with Gasteiger partial charge in [-0.1, -0.05) is 36.4 Å². The second-order valence-corrected chi connectivity index (χ2v) is 7.05. The van der Waals surface area contributed by atoms with Crippen molar-refractivity contribution in [2.45, 2.75) is 0 Å². The summed E-state index contributed by atoms with van der Waals surface area (Å²) in [5.74, 6) is 4.44. The van der Waals surface area contributed by atoms with E-state index < -0.39 is 5.97 Å². The summed E-state index contributed by atoms with van der Waals surface area (Å²) in [4.78, 5) is 13.3. The molecule has 0 saturated carbocycles. The highest BCUT2D eigenvalue weighted by atomic mass is 16.4. The Kier molecular flexibility index (Phi) is 5.23. The molecule has 1 heterocycles. The molecule has 0 spiro atoms. The van der Waals surface area contributed by atoms with Gasteiger partial charge in [0.2, 0.25) is 0 Å². The predicted octanol–water partition coefficient (Wildman–Crippen LogP) is 2.00. The number of rotatable bonds is 5. The third kappa shape index (κ3) is 4.21.